The second-order valence-electron chi connectivity index (χ2n) is 4.22. The molecule has 0 fully saturated rings. The van der Waals surface area contributed by atoms with Gasteiger partial charge in [0.05, 0.1) is 0 Å². The van der Waals surface area contributed by atoms with Gasteiger partial charge in [0.25, 0.3) is 11.9 Å². The van der Waals surface area contributed by atoms with E-state index in [-0.39, 0.29) is 87.6 Å². The molecule has 0 aliphatic rings. The molecule has 0 aliphatic carbocycles. The van der Waals surface area contributed by atoms with Crippen molar-refractivity contribution in [1.82, 2.24) is 0 Å². The van der Waals surface area contributed by atoms with Crippen LogP contribution in [-0.4, -0.2) is 102 Å². The van der Waals surface area contributed by atoms with E-state index < -0.39 is 15.6 Å². The van der Waals surface area contributed by atoms with Crippen LogP contribution in [0.5, 0.6) is 0 Å². The molecular formula is C16H34CaMgO12P2. The summed E-state index contributed by atoms with van der Waals surface area (Å²) in [4.78, 5) is 63.8. The zero-order chi connectivity index (χ0) is 23.2. The maximum atomic E-state index is 10.3. The molecule has 0 aromatic heterocycles. The molecule has 0 unspecified atom stereocenters. The van der Waals surface area contributed by atoms with E-state index in [1.54, 1.807) is 0 Å². The molecule has 16 heteroatoms. The van der Waals surface area contributed by atoms with Gasteiger partial charge in [0.1, 0.15) is 0 Å². The zero-order valence-corrected chi connectivity index (χ0v) is 24.4. The number of carbonyl (C=O) groups is 2. The van der Waals surface area contributed by atoms with Crippen LogP contribution < -0.4 is 0 Å². The number of hydrogen-bond donors (Lipinski definition) is 6. The van der Waals surface area contributed by atoms with Crippen LogP contribution in [0.3, 0.4) is 0 Å². The number of ether oxygens (including phenoxy) is 2. The van der Waals surface area contributed by atoms with Crippen molar-refractivity contribution < 1.29 is 57.6 Å². The second kappa shape index (κ2) is 36.2. The fourth-order valence-corrected chi connectivity index (χ4v) is 0.614. The molecule has 0 amide bonds. The van der Waals surface area contributed by atoms with Crippen molar-refractivity contribution in [3.05, 3.63) is 53.4 Å². The Balaban J connectivity index is -0.0000000397. The molecule has 0 saturated heterocycles. The van der Waals surface area contributed by atoms with Crippen LogP contribution in [0.25, 0.3) is 0 Å². The SMILES string of the molecule is C=CC(=O)O[CH-]CCC.C=CC(=O)O[CH-]CCC.O=P(O)(O)O.O=P(O)(O)O.[CH3-].[CH3-].[Ca+2].[Mg+2]. The van der Waals surface area contributed by atoms with Gasteiger partial charge in [-0.15, -0.1) is 12.8 Å². The van der Waals surface area contributed by atoms with Crippen LogP contribution in [0.15, 0.2) is 25.3 Å². The molecular weight excluding hydrogens is 510 g/mol. The Labute approximate surface area is 237 Å². The Morgan fingerprint density at radius 3 is 1.09 bits per heavy atom. The first-order valence-electron chi connectivity index (χ1n) is 7.48. The van der Waals surface area contributed by atoms with Gasteiger partial charge in [-0.2, -0.15) is 13.2 Å². The molecule has 6 N–H and O–H groups in total. The summed E-state index contributed by atoms with van der Waals surface area (Å²) in [6, 6.07) is 0. The van der Waals surface area contributed by atoms with E-state index in [0.717, 1.165) is 37.8 Å². The number of phosphoric acid groups is 2. The summed E-state index contributed by atoms with van der Waals surface area (Å²) in [6.45, 7) is 13.5. The maximum Gasteiger partial charge on any atom is 2.00 e. The molecule has 12 nitrogen and oxygen atoms in total. The fourth-order valence-electron chi connectivity index (χ4n) is 0.614. The Hall–Kier alpha value is 0.666. The van der Waals surface area contributed by atoms with Crippen LogP contribution in [0, 0.1) is 28.1 Å². The smallest absolute Gasteiger partial charge is 0.634 e. The van der Waals surface area contributed by atoms with Gasteiger partial charge < -0.3 is 53.7 Å². The third kappa shape index (κ3) is 125. The topological polar surface area (TPSA) is 208 Å². The van der Waals surface area contributed by atoms with Gasteiger partial charge in [-0.25, -0.2) is 18.7 Å². The molecule has 0 atom stereocenters. The summed E-state index contributed by atoms with van der Waals surface area (Å²) < 4.78 is 26.9. The van der Waals surface area contributed by atoms with E-state index in [1.807, 2.05) is 13.8 Å². The van der Waals surface area contributed by atoms with E-state index in [1.165, 1.54) is 13.2 Å². The van der Waals surface area contributed by atoms with Crippen LogP contribution in [-0.2, 0) is 28.2 Å². The number of rotatable bonds is 8. The normalized spacial score (nSPS) is 8.50. The quantitative estimate of drug-likeness (QED) is 0.0643. The predicted molar refractivity (Wildman–Crippen MR) is 124 cm³/mol. The number of unbranched alkanes of at least 4 members (excludes halogenated alkanes) is 2. The number of carbonyl (C=O) groups excluding carboxylic acids is 2. The van der Waals surface area contributed by atoms with Crippen molar-refractivity contribution >= 4 is 88.4 Å². The molecule has 184 valence electrons. The molecule has 0 spiro atoms. The van der Waals surface area contributed by atoms with Crippen LogP contribution in [0.4, 0.5) is 0 Å². The van der Waals surface area contributed by atoms with Gasteiger partial charge in [0, 0.05) is 12.2 Å². The average molecular weight is 545 g/mol. The van der Waals surface area contributed by atoms with Crippen molar-refractivity contribution in [3.8, 4) is 0 Å². The maximum absolute atomic E-state index is 10.3. The molecule has 0 heterocycles. The van der Waals surface area contributed by atoms with Crippen molar-refractivity contribution in [2.45, 2.75) is 39.5 Å². The van der Waals surface area contributed by atoms with Gasteiger partial charge >= 0.3 is 76.4 Å². The molecule has 0 bridgehead atoms. The molecule has 0 radical (unpaired) electrons. The summed E-state index contributed by atoms with van der Waals surface area (Å²) in [6.07, 6.45) is 5.88. The second-order valence-corrected chi connectivity index (χ2v) is 6.27. The van der Waals surface area contributed by atoms with E-state index in [0.29, 0.717) is 0 Å². The fraction of sp³-hybridized carbons (Fsp3) is 0.375. The standard InChI is InChI=1S/2C7H11O2.2CH3.Ca.Mg.2H3O4P/c2*1-3-5-6-9-7(8)4-2;;;;;2*1-5(2,3)4/h2*4,6H,2-3,5H2,1H3;2*1H3;;;2*(H3,1,2,3,4)/q4*-1;2*+2;;. The van der Waals surface area contributed by atoms with Gasteiger partial charge in [-0.1, -0.05) is 39.8 Å². The van der Waals surface area contributed by atoms with Crippen molar-refractivity contribution in [2.24, 2.45) is 0 Å². The average Bonchev–Trinajstić information content (AvgIpc) is 2.52. The summed E-state index contributed by atoms with van der Waals surface area (Å²) in [5.41, 5.74) is 0. The molecule has 0 aliphatic heterocycles. The molecule has 32 heavy (non-hydrogen) atoms. The summed E-state index contributed by atoms with van der Waals surface area (Å²) >= 11 is 0. The van der Waals surface area contributed by atoms with Gasteiger partial charge in [-0.3, -0.25) is 0 Å². The van der Waals surface area contributed by atoms with Crippen LogP contribution in [0.2, 0.25) is 0 Å². The van der Waals surface area contributed by atoms with E-state index in [4.69, 9.17) is 38.5 Å². The minimum absolute atomic E-state index is 0. The van der Waals surface area contributed by atoms with Crippen molar-refractivity contribution in [2.75, 3.05) is 0 Å². The molecule has 0 aromatic rings. The minimum Gasteiger partial charge on any atom is -0.634 e. The zero-order valence-electron chi connectivity index (χ0n) is 19.0. The third-order valence-corrected chi connectivity index (χ3v) is 1.55. The Kier molecular flexibility index (Phi) is 61.0. The Bertz CT molecular complexity index is 461. The summed E-state index contributed by atoms with van der Waals surface area (Å²) in [5, 5.41) is 0. The van der Waals surface area contributed by atoms with Crippen LogP contribution in [0.1, 0.15) is 39.5 Å². The Morgan fingerprint density at radius 1 is 0.781 bits per heavy atom. The predicted octanol–water partition coefficient (Wildman–Crippen LogP) is 1.64. The monoisotopic (exact) mass is 544 g/mol. The Morgan fingerprint density at radius 2 is 0.969 bits per heavy atom. The third-order valence-electron chi connectivity index (χ3n) is 1.55. The molecule has 0 saturated carbocycles. The number of esters is 2. The number of hydrogen-bond acceptors (Lipinski definition) is 6. The largest absolute Gasteiger partial charge is 2.00 e. The van der Waals surface area contributed by atoms with E-state index in [9.17, 15) is 9.59 Å². The summed E-state index contributed by atoms with van der Waals surface area (Å²) in [5.74, 6) is -0.771. The van der Waals surface area contributed by atoms with Crippen molar-refractivity contribution in [3.63, 3.8) is 0 Å². The molecule has 0 aromatic carbocycles. The first kappa shape index (κ1) is 53.8. The van der Waals surface area contributed by atoms with E-state index >= 15 is 0 Å². The summed E-state index contributed by atoms with van der Waals surface area (Å²) in [7, 11) is -9.28. The molecule has 0 rings (SSSR count). The minimum atomic E-state index is -4.64. The van der Waals surface area contributed by atoms with Gasteiger partial charge in [0.2, 0.25) is 0 Å². The van der Waals surface area contributed by atoms with Gasteiger partial charge in [-0.05, 0) is 0 Å². The van der Waals surface area contributed by atoms with Crippen LogP contribution >= 0.6 is 15.6 Å². The first-order chi connectivity index (χ1) is 12.6. The van der Waals surface area contributed by atoms with Gasteiger partial charge in [0.15, 0.2) is 0 Å². The first-order valence-corrected chi connectivity index (χ1v) is 10.6. The van der Waals surface area contributed by atoms with Crippen molar-refractivity contribution in [1.29, 1.82) is 0 Å². The van der Waals surface area contributed by atoms with E-state index in [2.05, 4.69) is 22.6 Å².